The summed E-state index contributed by atoms with van der Waals surface area (Å²) >= 11 is 7.26. The molecule has 0 spiro atoms. The van der Waals surface area contributed by atoms with Gasteiger partial charge >= 0.3 is 0 Å². The number of piperazine rings is 1. The lowest BCUT2D eigenvalue weighted by Crippen LogP contribution is -2.49. The minimum atomic E-state index is -0.287. The fraction of sp³-hybridized carbons (Fsp3) is 0.182. The zero-order chi connectivity index (χ0) is 21.4. The van der Waals surface area contributed by atoms with E-state index in [1.54, 1.807) is 36.4 Å². The average Bonchev–Trinajstić information content (AvgIpc) is 3.24. The third-order valence-electron chi connectivity index (χ3n) is 5.31. The standard InChI is InChI=1S/C22H17ClFN5OS/c23-16-5-1-15(2-6-16)22(30)29-11-9-28(10-12-29)21-20-19(25-13-26-21)18(27-31-20)14-3-7-17(24)8-4-14/h1-8,13H,9-12H2. The van der Waals surface area contributed by atoms with Gasteiger partial charge in [0.1, 0.15) is 28.1 Å². The fourth-order valence-electron chi connectivity index (χ4n) is 3.67. The van der Waals surface area contributed by atoms with Gasteiger partial charge < -0.3 is 9.80 Å². The molecular formula is C22H17ClFN5OS. The molecule has 3 heterocycles. The van der Waals surface area contributed by atoms with E-state index in [1.165, 1.54) is 30.0 Å². The molecule has 0 unspecified atom stereocenters. The number of anilines is 1. The molecule has 31 heavy (non-hydrogen) atoms. The summed E-state index contributed by atoms with van der Waals surface area (Å²) in [6.45, 7) is 2.51. The largest absolute Gasteiger partial charge is 0.352 e. The van der Waals surface area contributed by atoms with Crippen molar-refractivity contribution in [3.63, 3.8) is 0 Å². The maximum atomic E-state index is 13.3. The van der Waals surface area contributed by atoms with Gasteiger partial charge in [0, 0.05) is 42.3 Å². The van der Waals surface area contributed by atoms with Crippen molar-refractivity contribution < 1.29 is 9.18 Å². The lowest BCUT2D eigenvalue weighted by atomic mass is 10.1. The number of rotatable bonds is 3. The zero-order valence-electron chi connectivity index (χ0n) is 16.3. The minimum Gasteiger partial charge on any atom is -0.352 e. The topological polar surface area (TPSA) is 62.2 Å². The van der Waals surface area contributed by atoms with Crippen LogP contribution >= 0.6 is 23.1 Å². The Hall–Kier alpha value is -3.10. The van der Waals surface area contributed by atoms with Crippen molar-refractivity contribution >= 4 is 45.1 Å². The summed E-state index contributed by atoms with van der Waals surface area (Å²) in [5, 5.41) is 0.610. The monoisotopic (exact) mass is 453 g/mol. The molecule has 0 atom stereocenters. The second-order valence-corrected chi connectivity index (χ2v) is 8.41. The van der Waals surface area contributed by atoms with Crippen molar-refractivity contribution in [1.29, 1.82) is 0 Å². The number of fused-ring (bicyclic) bond motifs is 1. The number of nitrogens with zero attached hydrogens (tertiary/aromatic N) is 5. The van der Waals surface area contributed by atoms with E-state index in [0.717, 1.165) is 27.3 Å². The molecule has 1 aliphatic heterocycles. The first-order valence-electron chi connectivity index (χ1n) is 9.76. The van der Waals surface area contributed by atoms with E-state index in [9.17, 15) is 9.18 Å². The van der Waals surface area contributed by atoms with Crippen LogP contribution in [0.1, 0.15) is 10.4 Å². The molecule has 0 N–H and O–H groups in total. The van der Waals surface area contributed by atoms with Crippen molar-refractivity contribution in [2.24, 2.45) is 0 Å². The molecule has 0 aliphatic carbocycles. The van der Waals surface area contributed by atoms with Gasteiger partial charge in [-0.2, -0.15) is 4.37 Å². The Kier molecular flexibility index (Phi) is 5.25. The van der Waals surface area contributed by atoms with E-state index in [4.69, 9.17) is 11.6 Å². The fourth-order valence-corrected chi connectivity index (χ4v) is 4.67. The Morgan fingerprint density at radius 3 is 2.39 bits per heavy atom. The number of hydrogen-bond acceptors (Lipinski definition) is 6. The molecule has 1 fully saturated rings. The van der Waals surface area contributed by atoms with E-state index < -0.39 is 0 Å². The zero-order valence-corrected chi connectivity index (χ0v) is 17.9. The molecule has 2 aromatic carbocycles. The molecule has 0 saturated carbocycles. The van der Waals surface area contributed by atoms with Crippen LogP contribution in [0.4, 0.5) is 10.2 Å². The van der Waals surface area contributed by atoms with E-state index in [-0.39, 0.29) is 11.7 Å². The highest BCUT2D eigenvalue weighted by atomic mass is 35.5. The average molecular weight is 454 g/mol. The van der Waals surface area contributed by atoms with Gasteiger partial charge in [0.15, 0.2) is 5.82 Å². The Morgan fingerprint density at radius 1 is 0.968 bits per heavy atom. The molecule has 156 valence electrons. The van der Waals surface area contributed by atoms with Crippen LogP contribution in [0.2, 0.25) is 5.02 Å². The van der Waals surface area contributed by atoms with Crippen LogP contribution in [0.5, 0.6) is 0 Å². The van der Waals surface area contributed by atoms with Crippen LogP contribution in [0.25, 0.3) is 21.5 Å². The maximum Gasteiger partial charge on any atom is 0.253 e. The first kappa shape index (κ1) is 19.8. The SMILES string of the molecule is O=C(c1ccc(Cl)cc1)N1CCN(c2ncnc3c(-c4ccc(F)cc4)nsc23)CC1. The molecule has 1 saturated heterocycles. The number of halogens is 2. The van der Waals surface area contributed by atoms with Crippen molar-refractivity contribution in [2.75, 3.05) is 31.1 Å². The van der Waals surface area contributed by atoms with Gasteiger partial charge in [0.25, 0.3) is 5.91 Å². The molecular weight excluding hydrogens is 437 g/mol. The normalized spacial score (nSPS) is 14.3. The van der Waals surface area contributed by atoms with Gasteiger partial charge in [0.2, 0.25) is 0 Å². The summed E-state index contributed by atoms with van der Waals surface area (Å²) in [6, 6.07) is 13.2. The predicted octanol–water partition coefficient (Wildman–Crippen LogP) is 4.51. The Morgan fingerprint density at radius 2 is 1.68 bits per heavy atom. The summed E-state index contributed by atoms with van der Waals surface area (Å²) in [5.74, 6) is 0.527. The first-order chi connectivity index (χ1) is 15.1. The van der Waals surface area contributed by atoms with Crippen LogP contribution < -0.4 is 4.90 Å². The number of carbonyl (C=O) groups excluding carboxylic acids is 1. The van der Waals surface area contributed by atoms with E-state index in [2.05, 4.69) is 19.2 Å². The molecule has 5 rings (SSSR count). The van der Waals surface area contributed by atoms with E-state index >= 15 is 0 Å². The summed E-state index contributed by atoms with van der Waals surface area (Å²) in [4.78, 5) is 25.7. The first-order valence-corrected chi connectivity index (χ1v) is 10.9. The van der Waals surface area contributed by atoms with Gasteiger partial charge in [-0.1, -0.05) is 11.6 Å². The third kappa shape index (κ3) is 3.84. The molecule has 0 radical (unpaired) electrons. The quantitative estimate of drug-likeness (QED) is 0.456. The second kappa shape index (κ2) is 8.20. The van der Waals surface area contributed by atoms with Crippen molar-refractivity contribution in [2.45, 2.75) is 0 Å². The number of benzene rings is 2. The second-order valence-electron chi connectivity index (χ2n) is 7.20. The number of amides is 1. The minimum absolute atomic E-state index is 0.000498. The summed E-state index contributed by atoms with van der Waals surface area (Å²) < 4.78 is 18.7. The summed E-state index contributed by atoms with van der Waals surface area (Å²) in [7, 11) is 0. The van der Waals surface area contributed by atoms with Gasteiger partial charge in [-0.3, -0.25) is 4.79 Å². The highest BCUT2D eigenvalue weighted by molar-refractivity contribution is 7.14. The Bertz CT molecular complexity index is 1240. The molecule has 4 aromatic rings. The highest BCUT2D eigenvalue weighted by Crippen LogP contribution is 2.34. The van der Waals surface area contributed by atoms with E-state index in [0.29, 0.717) is 36.8 Å². The number of hydrogen-bond donors (Lipinski definition) is 0. The lowest BCUT2D eigenvalue weighted by Gasteiger charge is -2.35. The van der Waals surface area contributed by atoms with Gasteiger partial charge in [-0.05, 0) is 60.1 Å². The summed E-state index contributed by atoms with van der Waals surface area (Å²) in [5.41, 5.74) is 2.92. The van der Waals surface area contributed by atoms with E-state index in [1.807, 2.05) is 4.90 Å². The lowest BCUT2D eigenvalue weighted by molar-refractivity contribution is 0.0746. The maximum absolute atomic E-state index is 13.3. The molecule has 1 aliphatic rings. The summed E-state index contributed by atoms with van der Waals surface area (Å²) in [6.07, 6.45) is 1.53. The van der Waals surface area contributed by atoms with Crippen LogP contribution in [0, 0.1) is 5.82 Å². The van der Waals surface area contributed by atoms with Crippen LogP contribution in [-0.4, -0.2) is 51.3 Å². The van der Waals surface area contributed by atoms with Crippen LogP contribution in [0.15, 0.2) is 54.9 Å². The van der Waals surface area contributed by atoms with Crippen LogP contribution in [0.3, 0.4) is 0 Å². The number of carbonyl (C=O) groups is 1. The molecule has 9 heteroatoms. The Labute approximate surface area is 187 Å². The molecule has 1 amide bonds. The highest BCUT2D eigenvalue weighted by Gasteiger charge is 2.25. The van der Waals surface area contributed by atoms with Gasteiger partial charge in [-0.25, -0.2) is 14.4 Å². The number of aromatic nitrogens is 3. The molecule has 6 nitrogen and oxygen atoms in total. The Balaban J connectivity index is 1.36. The molecule has 0 bridgehead atoms. The van der Waals surface area contributed by atoms with Crippen molar-refractivity contribution in [3.8, 4) is 11.3 Å². The smallest absolute Gasteiger partial charge is 0.253 e. The van der Waals surface area contributed by atoms with Crippen molar-refractivity contribution in [1.82, 2.24) is 19.2 Å². The van der Waals surface area contributed by atoms with Gasteiger partial charge in [-0.15, -0.1) is 0 Å². The predicted molar refractivity (Wildman–Crippen MR) is 120 cm³/mol. The van der Waals surface area contributed by atoms with Crippen LogP contribution in [-0.2, 0) is 0 Å². The molecule has 2 aromatic heterocycles. The third-order valence-corrected chi connectivity index (χ3v) is 6.40. The van der Waals surface area contributed by atoms with Gasteiger partial charge in [0.05, 0.1) is 0 Å². The van der Waals surface area contributed by atoms with Crippen molar-refractivity contribution in [3.05, 3.63) is 71.3 Å².